The number of furan rings is 1. The largest absolute Gasteiger partial charge is 0.464 e. The predicted molar refractivity (Wildman–Crippen MR) is 74.7 cm³/mol. The number of anilines is 1. The summed E-state index contributed by atoms with van der Waals surface area (Å²) in [6.45, 7) is 1.94. The van der Waals surface area contributed by atoms with Gasteiger partial charge in [-0.2, -0.15) is 0 Å². The van der Waals surface area contributed by atoms with Gasteiger partial charge in [-0.05, 0) is 31.2 Å². The molecule has 1 atom stereocenters. The van der Waals surface area contributed by atoms with Crippen LogP contribution in [0.1, 0.15) is 18.5 Å². The molecule has 0 aliphatic carbocycles. The molecular formula is C16H14FNO. The van der Waals surface area contributed by atoms with Gasteiger partial charge in [-0.25, -0.2) is 4.39 Å². The molecule has 3 rings (SSSR count). The number of nitrogens with one attached hydrogen (secondary N) is 1. The van der Waals surface area contributed by atoms with Crippen molar-refractivity contribution in [1.29, 1.82) is 0 Å². The standard InChI is InChI=1S/C16H14FNO/c1-11(14-4-2-3-5-15(14)17)18-13-7-6-12-8-9-19-16(12)10-13/h2-11,18H,1H3. The quantitative estimate of drug-likeness (QED) is 0.731. The van der Waals surface area contributed by atoms with E-state index in [4.69, 9.17) is 4.42 Å². The lowest BCUT2D eigenvalue weighted by atomic mass is 10.1. The van der Waals surface area contributed by atoms with Gasteiger partial charge < -0.3 is 9.73 Å². The molecule has 3 heteroatoms. The second-order valence-electron chi connectivity index (χ2n) is 4.56. The molecule has 0 saturated heterocycles. The smallest absolute Gasteiger partial charge is 0.135 e. The number of fused-ring (bicyclic) bond motifs is 1. The van der Waals surface area contributed by atoms with Crippen molar-refractivity contribution in [2.24, 2.45) is 0 Å². The van der Waals surface area contributed by atoms with Crippen molar-refractivity contribution in [2.45, 2.75) is 13.0 Å². The summed E-state index contributed by atoms with van der Waals surface area (Å²) in [7, 11) is 0. The summed E-state index contributed by atoms with van der Waals surface area (Å²) in [6, 6.07) is 14.5. The van der Waals surface area contributed by atoms with Crippen LogP contribution in [0.15, 0.2) is 59.2 Å². The zero-order chi connectivity index (χ0) is 13.2. The predicted octanol–water partition coefficient (Wildman–Crippen LogP) is 4.75. The molecule has 0 aliphatic rings. The van der Waals surface area contributed by atoms with E-state index in [1.807, 2.05) is 37.3 Å². The van der Waals surface area contributed by atoms with Gasteiger partial charge in [0.1, 0.15) is 11.4 Å². The molecule has 1 heterocycles. The topological polar surface area (TPSA) is 25.2 Å². The Morgan fingerprint density at radius 2 is 1.95 bits per heavy atom. The van der Waals surface area contributed by atoms with Crippen molar-refractivity contribution in [3.8, 4) is 0 Å². The third kappa shape index (κ3) is 2.32. The minimum atomic E-state index is -0.193. The lowest BCUT2D eigenvalue weighted by molar-refractivity contribution is 0.600. The van der Waals surface area contributed by atoms with Crippen LogP contribution in [0.5, 0.6) is 0 Å². The van der Waals surface area contributed by atoms with E-state index in [0.717, 1.165) is 16.7 Å². The van der Waals surface area contributed by atoms with E-state index in [-0.39, 0.29) is 11.9 Å². The molecule has 96 valence electrons. The summed E-state index contributed by atoms with van der Waals surface area (Å²) < 4.78 is 19.0. The van der Waals surface area contributed by atoms with Crippen LogP contribution in [0.2, 0.25) is 0 Å². The number of rotatable bonds is 3. The molecule has 3 aromatic rings. The maximum Gasteiger partial charge on any atom is 0.135 e. The Hall–Kier alpha value is -2.29. The highest BCUT2D eigenvalue weighted by Crippen LogP contribution is 2.25. The van der Waals surface area contributed by atoms with Gasteiger partial charge >= 0.3 is 0 Å². The molecule has 0 saturated carbocycles. The summed E-state index contributed by atoms with van der Waals surface area (Å²) in [5.41, 5.74) is 2.39. The number of benzene rings is 2. The van der Waals surface area contributed by atoms with Crippen molar-refractivity contribution >= 4 is 16.7 Å². The highest BCUT2D eigenvalue weighted by Gasteiger charge is 2.10. The van der Waals surface area contributed by atoms with E-state index in [0.29, 0.717) is 5.56 Å². The van der Waals surface area contributed by atoms with Crippen LogP contribution < -0.4 is 5.32 Å². The minimum Gasteiger partial charge on any atom is -0.464 e. The summed E-state index contributed by atoms with van der Waals surface area (Å²) in [4.78, 5) is 0. The van der Waals surface area contributed by atoms with Crippen molar-refractivity contribution < 1.29 is 8.81 Å². The van der Waals surface area contributed by atoms with E-state index in [2.05, 4.69) is 5.32 Å². The molecule has 0 bridgehead atoms. The Balaban J connectivity index is 1.86. The van der Waals surface area contributed by atoms with Crippen LogP contribution in [-0.2, 0) is 0 Å². The fourth-order valence-electron chi connectivity index (χ4n) is 2.20. The summed E-state index contributed by atoms with van der Waals surface area (Å²) in [6.07, 6.45) is 1.66. The van der Waals surface area contributed by atoms with Crippen LogP contribution in [0.25, 0.3) is 11.0 Å². The van der Waals surface area contributed by atoms with Crippen LogP contribution in [0, 0.1) is 5.82 Å². The van der Waals surface area contributed by atoms with Gasteiger partial charge in [-0.15, -0.1) is 0 Å². The third-order valence-electron chi connectivity index (χ3n) is 3.21. The van der Waals surface area contributed by atoms with Gasteiger partial charge in [0, 0.05) is 22.7 Å². The van der Waals surface area contributed by atoms with E-state index < -0.39 is 0 Å². The van der Waals surface area contributed by atoms with Gasteiger partial charge in [-0.1, -0.05) is 18.2 Å². The molecule has 2 nitrogen and oxygen atoms in total. The summed E-state index contributed by atoms with van der Waals surface area (Å²) in [5, 5.41) is 4.34. The highest BCUT2D eigenvalue weighted by atomic mass is 19.1. The first-order valence-corrected chi connectivity index (χ1v) is 6.22. The maximum atomic E-state index is 13.7. The van der Waals surface area contributed by atoms with Gasteiger partial charge in [0.05, 0.1) is 12.3 Å². The number of hydrogen-bond acceptors (Lipinski definition) is 2. The molecule has 1 unspecified atom stereocenters. The summed E-state index contributed by atoms with van der Waals surface area (Å²) >= 11 is 0. The van der Waals surface area contributed by atoms with E-state index >= 15 is 0 Å². The second-order valence-corrected chi connectivity index (χ2v) is 4.56. The third-order valence-corrected chi connectivity index (χ3v) is 3.21. The molecule has 0 aliphatic heterocycles. The van der Waals surface area contributed by atoms with Crippen LogP contribution in [-0.4, -0.2) is 0 Å². The van der Waals surface area contributed by atoms with Crippen LogP contribution >= 0.6 is 0 Å². The molecule has 1 N–H and O–H groups in total. The molecule has 19 heavy (non-hydrogen) atoms. The maximum absolute atomic E-state index is 13.7. The summed E-state index contributed by atoms with van der Waals surface area (Å²) in [5.74, 6) is -0.193. The minimum absolute atomic E-state index is 0.103. The van der Waals surface area contributed by atoms with Crippen LogP contribution in [0.4, 0.5) is 10.1 Å². The van der Waals surface area contributed by atoms with Gasteiger partial charge in [-0.3, -0.25) is 0 Å². The first-order valence-electron chi connectivity index (χ1n) is 6.22. The van der Waals surface area contributed by atoms with Crippen molar-refractivity contribution in [3.63, 3.8) is 0 Å². The van der Waals surface area contributed by atoms with Gasteiger partial charge in [0.25, 0.3) is 0 Å². The zero-order valence-corrected chi connectivity index (χ0v) is 10.6. The monoisotopic (exact) mass is 255 g/mol. The Bertz CT molecular complexity index is 705. The fraction of sp³-hybridized carbons (Fsp3) is 0.125. The zero-order valence-electron chi connectivity index (χ0n) is 10.6. The Kier molecular flexibility index (Phi) is 2.95. The highest BCUT2D eigenvalue weighted by molar-refractivity contribution is 5.80. The lowest BCUT2D eigenvalue weighted by Gasteiger charge is -2.16. The van der Waals surface area contributed by atoms with Crippen molar-refractivity contribution in [2.75, 3.05) is 5.32 Å². The van der Waals surface area contributed by atoms with E-state index in [1.165, 1.54) is 6.07 Å². The molecular weight excluding hydrogens is 241 g/mol. The Labute approximate surface area is 110 Å². The fourth-order valence-corrected chi connectivity index (χ4v) is 2.20. The average Bonchev–Trinajstić information content (AvgIpc) is 2.86. The molecule has 0 radical (unpaired) electrons. The van der Waals surface area contributed by atoms with Crippen molar-refractivity contribution in [1.82, 2.24) is 0 Å². The van der Waals surface area contributed by atoms with E-state index in [1.54, 1.807) is 18.4 Å². The molecule has 1 aromatic heterocycles. The molecule has 2 aromatic carbocycles. The Morgan fingerprint density at radius 1 is 1.11 bits per heavy atom. The number of hydrogen-bond donors (Lipinski definition) is 1. The normalized spacial score (nSPS) is 12.5. The SMILES string of the molecule is CC(Nc1ccc2ccoc2c1)c1ccccc1F. The van der Waals surface area contributed by atoms with E-state index in [9.17, 15) is 4.39 Å². The lowest BCUT2D eigenvalue weighted by Crippen LogP contribution is -2.08. The second kappa shape index (κ2) is 4.76. The average molecular weight is 255 g/mol. The molecule has 0 amide bonds. The number of halogens is 1. The first-order chi connectivity index (χ1) is 9.24. The molecule has 0 spiro atoms. The van der Waals surface area contributed by atoms with Gasteiger partial charge in [0.15, 0.2) is 0 Å². The van der Waals surface area contributed by atoms with Crippen molar-refractivity contribution in [3.05, 3.63) is 66.2 Å². The van der Waals surface area contributed by atoms with Gasteiger partial charge in [0.2, 0.25) is 0 Å². The molecule has 0 fully saturated rings. The first kappa shape index (κ1) is 11.8. The van der Waals surface area contributed by atoms with Crippen LogP contribution in [0.3, 0.4) is 0 Å². The Morgan fingerprint density at radius 3 is 2.79 bits per heavy atom.